The van der Waals surface area contributed by atoms with Gasteiger partial charge >= 0.3 is 5.97 Å². The number of carbonyl (C=O) groups excluding carboxylic acids is 1. The minimum atomic E-state index is -0.243. The van der Waals surface area contributed by atoms with Gasteiger partial charge < -0.3 is 9.47 Å². The lowest BCUT2D eigenvalue weighted by Crippen LogP contribution is -2.25. The van der Waals surface area contributed by atoms with Gasteiger partial charge in [-0.15, -0.1) is 0 Å². The third kappa shape index (κ3) is 4.50. The van der Waals surface area contributed by atoms with E-state index in [1.54, 1.807) is 0 Å². The van der Waals surface area contributed by atoms with E-state index in [0.717, 1.165) is 6.42 Å². The Labute approximate surface area is 104 Å². The van der Waals surface area contributed by atoms with Crippen molar-refractivity contribution in [3.05, 3.63) is 11.6 Å². The average molecular weight is 240 g/mol. The van der Waals surface area contributed by atoms with Crippen LogP contribution in [0.15, 0.2) is 11.6 Å². The molecule has 0 N–H and O–H groups in total. The van der Waals surface area contributed by atoms with Gasteiger partial charge in [0.1, 0.15) is 0 Å². The van der Waals surface area contributed by atoms with E-state index in [1.165, 1.54) is 26.4 Å². The van der Waals surface area contributed by atoms with Crippen LogP contribution >= 0.6 is 0 Å². The van der Waals surface area contributed by atoms with Crippen LogP contribution in [0.1, 0.15) is 46.0 Å². The molecule has 17 heavy (non-hydrogen) atoms. The maximum absolute atomic E-state index is 11.3. The molecule has 0 spiro atoms. The molecular weight excluding hydrogens is 216 g/mol. The molecule has 0 heterocycles. The van der Waals surface area contributed by atoms with Crippen LogP contribution < -0.4 is 0 Å². The summed E-state index contributed by atoms with van der Waals surface area (Å²) >= 11 is 0. The molecule has 0 aromatic carbocycles. The summed E-state index contributed by atoms with van der Waals surface area (Å²) in [5.74, 6) is 0.396. The molecule has 0 aliphatic heterocycles. The second-order valence-corrected chi connectivity index (χ2v) is 4.71. The summed E-state index contributed by atoms with van der Waals surface area (Å²) in [7, 11) is 1.41. The second kappa shape index (κ2) is 7.49. The smallest absolute Gasteiger partial charge is 0.333 e. The van der Waals surface area contributed by atoms with Crippen molar-refractivity contribution in [3.8, 4) is 0 Å². The third-order valence-electron chi connectivity index (χ3n) is 3.50. The van der Waals surface area contributed by atoms with E-state index >= 15 is 0 Å². The van der Waals surface area contributed by atoms with Crippen LogP contribution in [-0.2, 0) is 14.3 Å². The van der Waals surface area contributed by atoms with Crippen molar-refractivity contribution < 1.29 is 14.3 Å². The van der Waals surface area contributed by atoms with Gasteiger partial charge in [0.25, 0.3) is 0 Å². The zero-order chi connectivity index (χ0) is 12.7. The van der Waals surface area contributed by atoms with Crippen molar-refractivity contribution in [1.82, 2.24) is 0 Å². The number of ether oxygens (including phenoxy) is 2. The highest BCUT2D eigenvalue weighted by molar-refractivity contribution is 5.88. The standard InChI is InChI=1S/C14H24O3/c1-4-12(14(15)16-3)9-10-17-13-8-6-5-7-11(13)2/h9,11,13H,4-8,10H2,1-3H3. The van der Waals surface area contributed by atoms with E-state index in [-0.39, 0.29) is 5.97 Å². The van der Waals surface area contributed by atoms with E-state index in [2.05, 4.69) is 6.92 Å². The Kier molecular flexibility index (Phi) is 6.27. The lowest BCUT2D eigenvalue weighted by molar-refractivity contribution is -0.136. The number of methoxy groups -OCH3 is 1. The molecule has 1 rings (SSSR count). The Bertz CT molecular complexity index is 271. The van der Waals surface area contributed by atoms with E-state index in [0.29, 0.717) is 30.6 Å². The topological polar surface area (TPSA) is 35.5 Å². The highest BCUT2D eigenvalue weighted by Gasteiger charge is 2.21. The summed E-state index contributed by atoms with van der Waals surface area (Å²) in [6.45, 7) is 4.72. The number of carbonyl (C=O) groups is 1. The molecule has 0 bridgehead atoms. The summed E-state index contributed by atoms with van der Waals surface area (Å²) in [4.78, 5) is 11.3. The van der Waals surface area contributed by atoms with Crippen molar-refractivity contribution in [2.75, 3.05) is 13.7 Å². The highest BCUT2D eigenvalue weighted by Crippen LogP contribution is 2.26. The van der Waals surface area contributed by atoms with Gasteiger partial charge in [-0.2, -0.15) is 0 Å². The van der Waals surface area contributed by atoms with Crippen LogP contribution in [0.3, 0.4) is 0 Å². The molecule has 0 saturated heterocycles. The maximum Gasteiger partial charge on any atom is 0.333 e. The van der Waals surface area contributed by atoms with Crippen LogP contribution in [0, 0.1) is 5.92 Å². The molecular formula is C14H24O3. The van der Waals surface area contributed by atoms with Crippen molar-refractivity contribution in [1.29, 1.82) is 0 Å². The Hall–Kier alpha value is -0.830. The lowest BCUT2D eigenvalue weighted by atomic mass is 9.88. The summed E-state index contributed by atoms with van der Waals surface area (Å²) in [6.07, 6.45) is 7.88. The molecule has 2 unspecified atom stereocenters. The first-order valence-electron chi connectivity index (χ1n) is 6.58. The van der Waals surface area contributed by atoms with Crippen LogP contribution in [0.2, 0.25) is 0 Å². The summed E-state index contributed by atoms with van der Waals surface area (Å²) < 4.78 is 10.5. The van der Waals surface area contributed by atoms with Gasteiger partial charge in [-0.1, -0.05) is 26.7 Å². The Morgan fingerprint density at radius 1 is 1.35 bits per heavy atom. The van der Waals surface area contributed by atoms with Crippen molar-refractivity contribution in [3.63, 3.8) is 0 Å². The first-order chi connectivity index (χ1) is 8.19. The Balaban J connectivity index is 2.38. The van der Waals surface area contributed by atoms with Crippen LogP contribution in [0.25, 0.3) is 0 Å². The van der Waals surface area contributed by atoms with Gasteiger partial charge in [-0.25, -0.2) is 4.79 Å². The predicted octanol–water partition coefficient (Wildman–Crippen LogP) is 3.09. The summed E-state index contributed by atoms with van der Waals surface area (Å²) in [6, 6.07) is 0. The van der Waals surface area contributed by atoms with Gasteiger partial charge in [-0.05, 0) is 31.3 Å². The summed E-state index contributed by atoms with van der Waals surface area (Å²) in [5, 5.41) is 0. The molecule has 3 nitrogen and oxygen atoms in total. The average Bonchev–Trinajstić information content (AvgIpc) is 2.36. The zero-order valence-electron chi connectivity index (χ0n) is 11.2. The third-order valence-corrected chi connectivity index (χ3v) is 3.50. The highest BCUT2D eigenvalue weighted by atomic mass is 16.5. The Morgan fingerprint density at radius 3 is 2.65 bits per heavy atom. The largest absolute Gasteiger partial charge is 0.466 e. The van der Waals surface area contributed by atoms with Crippen LogP contribution in [0.5, 0.6) is 0 Å². The van der Waals surface area contributed by atoms with E-state index in [9.17, 15) is 4.79 Å². The van der Waals surface area contributed by atoms with E-state index in [4.69, 9.17) is 9.47 Å². The van der Waals surface area contributed by atoms with Gasteiger partial charge in [0, 0.05) is 5.57 Å². The van der Waals surface area contributed by atoms with Crippen molar-refractivity contribution in [2.24, 2.45) is 5.92 Å². The zero-order valence-corrected chi connectivity index (χ0v) is 11.2. The van der Waals surface area contributed by atoms with Crippen molar-refractivity contribution in [2.45, 2.75) is 52.1 Å². The molecule has 3 heteroatoms. The number of hydrogen-bond donors (Lipinski definition) is 0. The van der Waals surface area contributed by atoms with Gasteiger partial charge in [-0.3, -0.25) is 0 Å². The predicted molar refractivity (Wildman–Crippen MR) is 67.8 cm³/mol. The fourth-order valence-corrected chi connectivity index (χ4v) is 2.31. The molecule has 2 atom stereocenters. The monoisotopic (exact) mass is 240 g/mol. The number of rotatable bonds is 5. The minimum absolute atomic E-state index is 0.243. The molecule has 0 radical (unpaired) electrons. The molecule has 0 amide bonds. The van der Waals surface area contributed by atoms with Crippen LogP contribution in [0.4, 0.5) is 0 Å². The van der Waals surface area contributed by atoms with Crippen molar-refractivity contribution >= 4 is 5.97 Å². The lowest BCUT2D eigenvalue weighted by Gasteiger charge is -2.28. The van der Waals surface area contributed by atoms with Gasteiger partial charge in [0.2, 0.25) is 0 Å². The fraction of sp³-hybridized carbons (Fsp3) is 0.786. The quantitative estimate of drug-likeness (QED) is 0.547. The fourth-order valence-electron chi connectivity index (χ4n) is 2.31. The van der Waals surface area contributed by atoms with Gasteiger partial charge in [0.05, 0.1) is 19.8 Å². The molecule has 1 fully saturated rings. The second-order valence-electron chi connectivity index (χ2n) is 4.71. The maximum atomic E-state index is 11.3. The normalized spacial score (nSPS) is 25.7. The molecule has 0 aromatic rings. The van der Waals surface area contributed by atoms with E-state index in [1.807, 2.05) is 13.0 Å². The SMILES string of the molecule is CCC(=CCOC1CCCCC1C)C(=O)OC. The van der Waals surface area contributed by atoms with E-state index < -0.39 is 0 Å². The van der Waals surface area contributed by atoms with Crippen LogP contribution in [-0.4, -0.2) is 25.8 Å². The Morgan fingerprint density at radius 2 is 2.06 bits per heavy atom. The number of esters is 1. The van der Waals surface area contributed by atoms with Gasteiger partial charge in [0.15, 0.2) is 0 Å². The first-order valence-corrected chi connectivity index (χ1v) is 6.58. The minimum Gasteiger partial charge on any atom is -0.466 e. The number of hydrogen-bond acceptors (Lipinski definition) is 3. The molecule has 0 aromatic heterocycles. The molecule has 1 saturated carbocycles. The first kappa shape index (κ1) is 14.2. The summed E-state index contributed by atoms with van der Waals surface area (Å²) in [5.41, 5.74) is 0.705. The molecule has 1 aliphatic rings. The molecule has 1 aliphatic carbocycles. The molecule has 98 valence electrons.